The molecule has 94 valence electrons. The molecule has 0 amide bonds. The van der Waals surface area contributed by atoms with Crippen LogP contribution in [0.5, 0.6) is 0 Å². The molecule has 0 aliphatic heterocycles. The standard InChI is InChI=1S/C13H25NO2/c1-14-10-6-2-4-8-12(10)16-13-9-5-3-7-11(13)15/h10-15H,2-9H2,1H3. The molecule has 0 saturated heterocycles. The smallest absolute Gasteiger partial charge is 0.0838 e. The quantitative estimate of drug-likeness (QED) is 0.773. The zero-order valence-corrected chi connectivity index (χ0v) is 10.3. The summed E-state index contributed by atoms with van der Waals surface area (Å²) in [5.41, 5.74) is 0. The summed E-state index contributed by atoms with van der Waals surface area (Å²) in [7, 11) is 2.02. The van der Waals surface area contributed by atoms with Gasteiger partial charge in [-0.25, -0.2) is 0 Å². The third kappa shape index (κ3) is 2.96. The Balaban J connectivity index is 1.86. The first-order chi connectivity index (χ1) is 7.81. The number of nitrogens with one attached hydrogen (secondary N) is 1. The number of aliphatic hydroxyl groups excluding tert-OH is 1. The lowest BCUT2D eigenvalue weighted by Gasteiger charge is -2.37. The van der Waals surface area contributed by atoms with Crippen LogP contribution in [-0.4, -0.2) is 36.5 Å². The van der Waals surface area contributed by atoms with E-state index in [0.717, 1.165) is 25.7 Å². The average molecular weight is 227 g/mol. The lowest BCUT2D eigenvalue weighted by molar-refractivity contribution is -0.111. The van der Waals surface area contributed by atoms with Crippen LogP contribution in [0.2, 0.25) is 0 Å². The van der Waals surface area contributed by atoms with E-state index in [1.165, 1.54) is 25.7 Å². The molecule has 2 saturated carbocycles. The van der Waals surface area contributed by atoms with Crippen molar-refractivity contribution in [2.45, 2.75) is 75.7 Å². The van der Waals surface area contributed by atoms with Gasteiger partial charge >= 0.3 is 0 Å². The first kappa shape index (κ1) is 12.3. The van der Waals surface area contributed by atoms with Crippen LogP contribution in [0.1, 0.15) is 51.4 Å². The highest BCUT2D eigenvalue weighted by molar-refractivity contribution is 4.84. The zero-order valence-electron chi connectivity index (χ0n) is 10.3. The van der Waals surface area contributed by atoms with E-state index in [4.69, 9.17) is 4.74 Å². The molecule has 0 bridgehead atoms. The predicted molar refractivity (Wildman–Crippen MR) is 64.5 cm³/mol. The molecule has 2 rings (SSSR count). The van der Waals surface area contributed by atoms with E-state index >= 15 is 0 Å². The number of rotatable bonds is 3. The van der Waals surface area contributed by atoms with Crippen LogP contribution in [0, 0.1) is 0 Å². The van der Waals surface area contributed by atoms with Gasteiger partial charge in [-0.05, 0) is 32.7 Å². The molecule has 0 aromatic carbocycles. The fourth-order valence-corrected chi connectivity index (χ4v) is 3.05. The normalized spacial score (nSPS) is 40.9. The SMILES string of the molecule is CNC1CCCCC1OC1CCCCC1O. The third-order valence-corrected chi connectivity index (χ3v) is 4.09. The lowest BCUT2D eigenvalue weighted by Crippen LogP contribution is -2.46. The monoisotopic (exact) mass is 227 g/mol. The van der Waals surface area contributed by atoms with E-state index < -0.39 is 0 Å². The fraction of sp³-hybridized carbons (Fsp3) is 1.00. The molecule has 2 aliphatic rings. The first-order valence-corrected chi connectivity index (χ1v) is 6.82. The van der Waals surface area contributed by atoms with Crippen LogP contribution in [0.25, 0.3) is 0 Å². The Labute approximate surface area is 98.6 Å². The Morgan fingerprint density at radius 3 is 2.25 bits per heavy atom. The van der Waals surface area contributed by atoms with Crippen molar-refractivity contribution in [2.75, 3.05) is 7.05 Å². The molecule has 2 aliphatic carbocycles. The molecule has 4 unspecified atom stereocenters. The van der Waals surface area contributed by atoms with Gasteiger partial charge in [0.25, 0.3) is 0 Å². The van der Waals surface area contributed by atoms with Gasteiger partial charge in [0.15, 0.2) is 0 Å². The van der Waals surface area contributed by atoms with Crippen molar-refractivity contribution in [3.8, 4) is 0 Å². The van der Waals surface area contributed by atoms with Crippen molar-refractivity contribution in [1.82, 2.24) is 5.32 Å². The second-order valence-corrected chi connectivity index (χ2v) is 5.24. The molecule has 0 aromatic rings. The zero-order chi connectivity index (χ0) is 11.4. The molecule has 3 nitrogen and oxygen atoms in total. The summed E-state index contributed by atoms with van der Waals surface area (Å²) >= 11 is 0. The molecule has 0 spiro atoms. The molecule has 4 atom stereocenters. The van der Waals surface area contributed by atoms with Gasteiger partial charge in [0, 0.05) is 6.04 Å². The first-order valence-electron chi connectivity index (χ1n) is 6.82. The minimum Gasteiger partial charge on any atom is -0.390 e. The summed E-state index contributed by atoms with van der Waals surface area (Å²) in [6.45, 7) is 0. The van der Waals surface area contributed by atoms with E-state index in [1.54, 1.807) is 0 Å². The molecular formula is C13H25NO2. The number of hydrogen-bond acceptors (Lipinski definition) is 3. The fourth-order valence-electron chi connectivity index (χ4n) is 3.05. The van der Waals surface area contributed by atoms with Crippen molar-refractivity contribution < 1.29 is 9.84 Å². The van der Waals surface area contributed by atoms with E-state index in [9.17, 15) is 5.11 Å². The predicted octanol–water partition coefficient (Wildman–Crippen LogP) is 1.84. The number of ether oxygens (including phenoxy) is 1. The van der Waals surface area contributed by atoms with E-state index in [0.29, 0.717) is 12.1 Å². The van der Waals surface area contributed by atoms with E-state index in [-0.39, 0.29) is 12.2 Å². The van der Waals surface area contributed by atoms with Crippen molar-refractivity contribution in [1.29, 1.82) is 0 Å². The number of likely N-dealkylation sites (N-methyl/N-ethyl adjacent to an activating group) is 1. The molecule has 2 N–H and O–H groups in total. The number of hydrogen-bond donors (Lipinski definition) is 2. The molecule has 3 heteroatoms. The maximum Gasteiger partial charge on any atom is 0.0838 e. The van der Waals surface area contributed by atoms with E-state index in [1.807, 2.05) is 7.05 Å². The lowest BCUT2D eigenvalue weighted by atomic mass is 9.90. The summed E-state index contributed by atoms with van der Waals surface area (Å²) < 4.78 is 6.14. The van der Waals surface area contributed by atoms with Crippen molar-refractivity contribution >= 4 is 0 Å². The Bertz CT molecular complexity index is 210. The van der Waals surface area contributed by atoms with Gasteiger partial charge in [0.05, 0.1) is 18.3 Å². The summed E-state index contributed by atoms with van der Waals surface area (Å²) in [6.07, 6.45) is 9.43. The number of aliphatic hydroxyl groups is 1. The Morgan fingerprint density at radius 1 is 0.938 bits per heavy atom. The maximum absolute atomic E-state index is 9.91. The van der Waals surface area contributed by atoms with Crippen LogP contribution in [-0.2, 0) is 4.74 Å². The van der Waals surface area contributed by atoms with Gasteiger partial charge in [-0.15, -0.1) is 0 Å². The second kappa shape index (κ2) is 5.99. The Kier molecular flexibility index (Phi) is 4.62. The largest absolute Gasteiger partial charge is 0.390 e. The third-order valence-electron chi connectivity index (χ3n) is 4.09. The summed E-state index contributed by atoms with van der Waals surface area (Å²) in [4.78, 5) is 0. The minimum atomic E-state index is -0.229. The Morgan fingerprint density at radius 2 is 1.56 bits per heavy atom. The maximum atomic E-state index is 9.91. The average Bonchev–Trinajstić information content (AvgIpc) is 2.33. The van der Waals surface area contributed by atoms with Crippen LogP contribution in [0.3, 0.4) is 0 Å². The highest BCUT2D eigenvalue weighted by Gasteiger charge is 2.31. The van der Waals surface area contributed by atoms with Gasteiger partial charge in [0.2, 0.25) is 0 Å². The van der Waals surface area contributed by atoms with Crippen LogP contribution in [0.15, 0.2) is 0 Å². The highest BCUT2D eigenvalue weighted by Crippen LogP contribution is 2.27. The van der Waals surface area contributed by atoms with E-state index in [2.05, 4.69) is 5.32 Å². The van der Waals surface area contributed by atoms with Crippen LogP contribution >= 0.6 is 0 Å². The van der Waals surface area contributed by atoms with Crippen molar-refractivity contribution in [3.05, 3.63) is 0 Å². The molecule has 16 heavy (non-hydrogen) atoms. The van der Waals surface area contributed by atoms with Crippen LogP contribution in [0.4, 0.5) is 0 Å². The Hall–Kier alpha value is -0.120. The second-order valence-electron chi connectivity index (χ2n) is 5.24. The van der Waals surface area contributed by atoms with Gasteiger partial charge in [-0.3, -0.25) is 0 Å². The highest BCUT2D eigenvalue weighted by atomic mass is 16.5. The molecule has 0 aromatic heterocycles. The van der Waals surface area contributed by atoms with Gasteiger partial charge in [0.1, 0.15) is 0 Å². The molecule has 0 heterocycles. The topological polar surface area (TPSA) is 41.5 Å². The minimum absolute atomic E-state index is 0.0905. The van der Waals surface area contributed by atoms with Gasteiger partial charge in [-0.2, -0.15) is 0 Å². The van der Waals surface area contributed by atoms with Crippen LogP contribution < -0.4 is 5.32 Å². The molecular weight excluding hydrogens is 202 g/mol. The van der Waals surface area contributed by atoms with Crippen molar-refractivity contribution in [3.63, 3.8) is 0 Å². The van der Waals surface area contributed by atoms with Gasteiger partial charge < -0.3 is 15.2 Å². The summed E-state index contributed by atoms with van der Waals surface area (Å²) in [5.74, 6) is 0. The summed E-state index contributed by atoms with van der Waals surface area (Å²) in [6, 6.07) is 0.489. The van der Waals surface area contributed by atoms with Gasteiger partial charge in [-0.1, -0.05) is 25.7 Å². The van der Waals surface area contributed by atoms with Crippen molar-refractivity contribution in [2.24, 2.45) is 0 Å². The molecule has 0 radical (unpaired) electrons. The summed E-state index contributed by atoms with van der Waals surface area (Å²) in [5, 5.41) is 13.3. The molecule has 2 fully saturated rings.